The first-order chi connectivity index (χ1) is 7.19. The Morgan fingerprint density at radius 1 is 1.33 bits per heavy atom. The predicted octanol–water partition coefficient (Wildman–Crippen LogP) is 1.28. The van der Waals surface area contributed by atoms with Crippen molar-refractivity contribution in [2.24, 2.45) is 0 Å². The van der Waals surface area contributed by atoms with Crippen molar-refractivity contribution < 1.29 is 24.5 Å². The lowest BCUT2D eigenvalue weighted by molar-refractivity contribution is 0.0208. The summed E-state index contributed by atoms with van der Waals surface area (Å²) in [7, 11) is 0. The van der Waals surface area contributed by atoms with E-state index in [9.17, 15) is 15.0 Å². The average molecular weight is 212 g/mol. The average Bonchev–Trinajstić information content (AvgIpc) is 2.23. The highest BCUT2D eigenvalue weighted by Gasteiger charge is 2.08. The highest BCUT2D eigenvalue weighted by molar-refractivity contribution is 5.80. The smallest absolute Gasteiger partial charge is 0.189 e. The van der Waals surface area contributed by atoms with Crippen LogP contribution in [0.4, 0.5) is 0 Å². The predicted molar refractivity (Wildman–Crippen MR) is 52.3 cm³/mol. The zero-order chi connectivity index (χ0) is 11.3. The van der Waals surface area contributed by atoms with Gasteiger partial charge in [0.15, 0.2) is 24.6 Å². The minimum atomic E-state index is -0.241. The number of hydrogen-bond acceptors (Lipinski definition) is 5. The molecule has 1 aromatic carbocycles. The second kappa shape index (κ2) is 5.21. The van der Waals surface area contributed by atoms with Gasteiger partial charge in [0.25, 0.3) is 0 Å². The third-order valence-electron chi connectivity index (χ3n) is 1.74. The third-order valence-corrected chi connectivity index (χ3v) is 1.74. The summed E-state index contributed by atoms with van der Waals surface area (Å²) in [5, 5.41) is 18.7. The van der Waals surface area contributed by atoms with Gasteiger partial charge in [-0.3, -0.25) is 4.79 Å². The molecule has 0 amide bonds. The van der Waals surface area contributed by atoms with Crippen LogP contribution in [0.3, 0.4) is 0 Å². The van der Waals surface area contributed by atoms with E-state index in [0.717, 1.165) is 12.1 Å². The maximum absolute atomic E-state index is 10.4. The fourth-order valence-electron chi connectivity index (χ4n) is 0.972. The molecule has 1 aromatic rings. The van der Waals surface area contributed by atoms with Crippen LogP contribution < -0.4 is 4.74 Å². The van der Waals surface area contributed by atoms with Gasteiger partial charge in [0, 0.05) is 12.7 Å². The molecule has 0 saturated heterocycles. The van der Waals surface area contributed by atoms with Crippen LogP contribution in [0.15, 0.2) is 12.1 Å². The zero-order valence-electron chi connectivity index (χ0n) is 8.27. The number of phenols is 2. The van der Waals surface area contributed by atoms with E-state index < -0.39 is 0 Å². The Labute approximate surface area is 86.9 Å². The van der Waals surface area contributed by atoms with Crippen molar-refractivity contribution in [3.05, 3.63) is 17.7 Å². The molecule has 5 nitrogen and oxygen atoms in total. The second-order valence-corrected chi connectivity index (χ2v) is 2.75. The number of hydrogen-bond donors (Lipinski definition) is 2. The highest BCUT2D eigenvalue weighted by Crippen LogP contribution is 2.32. The molecule has 1 rings (SSSR count). The number of carbonyl (C=O) groups excluding carboxylic acids is 1. The number of benzene rings is 1. The molecular formula is C10H12O5. The van der Waals surface area contributed by atoms with Gasteiger partial charge in [0.05, 0.1) is 5.56 Å². The van der Waals surface area contributed by atoms with Gasteiger partial charge in [-0.1, -0.05) is 0 Å². The SMILES string of the molecule is CCOCOc1cc(O)c(C=O)cc1O. The van der Waals surface area contributed by atoms with E-state index in [-0.39, 0.29) is 29.6 Å². The van der Waals surface area contributed by atoms with Crippen molar-refractivity contribution in [3.8, 4) is 17.2 Å². The van der Waals surface area contributed by atoms with Crippen molar-refractivity contribution in [1.29, 1.82) is 0 Å². The van der Waals surface area contributed by atoms with Crippen LogP contribution in [0, 0.1) is 0 Å². The van der Waals surface area contributed by atoms with Crippen LogP contribution in [-0.4, -0.2) is 29.9 Å². The van der Waals surface area contributed by atoms with Crippen LogP contribution in [0.2, 0.25) is 0 Å². The number of ether oxygens (including phenoxy) is 2. The summed E-state index contributed by atoms with van der Waals surface area (Å²) >= 11 is 0. The molecule has 0 fully saturated rings. The van der Waals surface area contributed by atoms with Crippen LogP contribution >= 0.6 is 0 Å². The normalized spacial score (nSPS) is 9.93. The van der Waals surface area contributed by atoms with E-state index in [1.165, 1.54) is 0 Å². The van der Waals surface area contributed by atoms with Gasteiger partial charge in [-0.25, -0.2) is 0 Å². The van der Waals surface area contributed by atoms with Crippen LogP contribution in [0.1, 0.15) is 17.3 Å². The molecule has 0 aromatic heterocycles. The van der Waals surface area contributed by atoms with Gasteiger partial charge >= 0.3 is 0 Å². The number of phenolic OH excluding ortho intramolecular Hbond substituents is 2. The first-order valence-corrected chi connectivity index (χ1v) is 4.40. The van der Waals surface area contributed by atoms with E-state index in [0.29, 0.717) is 12.9 Å². The minimum absolute atomic E-state index is 0.0104. The Morgan fingerprint density at radius 2 is 2.07 bits per heavy atom. The molecule has 82 valence electrons. The molecule has 5 heteroatoms. The molecule has 0 bridgehead atoms. The van der Waals surface area contributed by atoms with Gasteiger partial charge in [0.1, 0.15) is 5.75 Å². The maximum Gasteiger partial charge on any atom is 0.189 e. The molecule has 0 heterocycles. The van der Waals surface area contributed by atoms with E-state index in [1.54, 1.807) is 6.92 Å². The highest BCUT2D eigenvalue weighted by atomic mass is 16.7. The molecule has 0 unspecified atom stereocenters. The Bertz CT molecular complexity index is 348. The first kappa shape index (κ1) is 11.3. The Morgan fingerprint density at radius 3 is 2.67 bits per heavy atom. The number of aromatic hydroxyl groups is 2. The standard InChI is InChI=1S/C10H12O5/c1-2-14-6-15-10-4-8(12)7(5-11)3-9(10)13/h3-5,12-13H,2,6H2,1H3. The lowest BCUT2D eigenvalue weighted by Crippen LogP contribution is -2.02. The zero-order valence-corrected chi connectivity index (χ0v) is 8.27. The van der Waals surface area contributed by atoms with Gasteiger partial charge < -0.3 is 19.7 Å². The van der Waals surface area contributed by atoms with Crippen molar-refractivity contribution >= 4 is 6.29 Å². The van der Waals surface area contributed by atoms with Gasteiger partial charge in [0.2, 0.25) is 0 Å². The Balaban J connectivity index is 2.80. The summed E-state index contributed by atoms with van der Waals surface area (Å²) < 4.78 is 9.91. The Kier molecular flexibility index (Phi) is 3.93. The van der Waals surface area contributed by atoms with Gasteiger partial charge in [-0.2, -0.15) is 0 Å². The van der Waals surface area contributed by atoms with E-state index in [1.807, 2.05) is 0 Å². The molecule has 0 spiro atoms. The minimum Gasteiger partial charge on any atom is -0.507 e. The number of rotatable bonds is 5. The summed E-state index contributed by atoms with van der Waals surface area (Å²) in [5.74, 6) is -0.379. The molecule has 0 saturated carbocycles. The lowest BCUT2D eigenvalue weighted by atomic mass is 10.2. The van der Waals surface area contributed by atoms with Crippen LogP contribution in [0.25, 0.3) is 0 Å². The van der Waals surface area contributed by atoms with Crippen molar-refractivity contribution in [3.63, 3.8) is 0 Å². The quantitative estimate of drug-likeness (QED) is 0.333. The topological polar surface area (TPSA) is 76.0 Å². The van der Waals surface area contributed by atoms with Crippen molar-refractivity contribution in [2.45, 2.75) is 6.92 Å². The second-order valence-electron chi connectivity index (χ2n) is 2.75. The molecule has 2 N–H and O–H groups in total. The van der Waals surface area contributed by atoms with Gasteiger partial charge in [-0.15, -0.1) is 0 Å². The molecule has 0 aliphatic rings. The fourth-order valence-corrected chi connectivity index (χ4v) is 0.972. The third kappa shape index (κ3) is 2.85. The van der Waals surface area contributed by atoms with Crippen molar-refractivity contribution in [2.75, 3.05) is 13.4 Å². The lowest BCUT2D eigenvalue weighted by Gasteiger charge is -2.08. The summed E-state index contributed by atoms with van der Waals surface area (Å²) in [6.07, 6.45) is 0.446. The summed E-state index contributed by atoms with van der Waals surface area (Å²) in [5.41, 5.74) is 0.0104. The van der Waals surface area contributed by atoms with E-state index >= 15 is 0 Å². The van der Waals surface area contributed by atoms with Crippen LogP contribution in [-0.2, 0) is 4.74 Å². The molecule has 0 aliphatic carbocycles. The first-order valence-electron chi connectivity index (χ1n) is 4.40. The summed E-state index contributed by atoms with van der Waals surface area (Å²) in [6, 6.07) is 2.29. The monoisotopic (exact) mass is 212 g/mol. The summed E-state index contributed by atoms with van der Waals surface area (Å²) in [6.45, 7) is 2.26. The van der Waals surface area contributed by atoms with E-state index in [2.05, 4.69) is 0 Å². The molecule has 0 atom stereocenters. The maximum atomic E-state index is 10.4. The van der Waals surface area contributed by atoms with E-state index in [4.69, 9.17) is 9.47 Å². The number of aldehydes is 1. The van der Waals surface area contributed by atoms with Crippen molar-refractivity contribution in [1.82, 2.24) is 0 Å². The van der Waals surface area contributed by atoms with Gasteiger partial charge in [-0.05, 0) is 13.0 Å². The molecular weight excluding hydrogens is 200 g/mol. The fraction of sp³-hybridized carbons (Fsp3) is 0.300. The summed E-state index contributed by atoms with van der Waals surface area (Å²) in [4.78, 5) is 10.4. The molecule has 0 radical (unpaired) electrons. The molecule has 0 aliphatic heterocycles. The van der Waals surface area contributed by atoms with Crippen LogP contribution in [0.5, 0.6) is 17.2 Å². The molecule has 15 heavy (non-hydrogen) atoms. The largest absolute Gasteiger partial charge is 0.507 e. The Hall–Kier alpha value is -1.75. The number of carbonyl (C=O) groups is 1.